The van der Waals surface area contributed by atoms with Crippen molar-refractivity contribution in [2.45, 2.75) is 28.1 Å². The number of hydrogen-bond donors (Lipinski definition) is 5. The number of rotatable bonds is 3. The van der Waals surface area contributed by atoms with Gasteiger partial charge >= 0.3 is 11.2 Å². The number of halogens is 2. The highest BCUT2D eigenvalue weighted by Gasteiger charge is 2.66. The molecule has 0 radical (unpaired) electrons. The normalized spacial score (nSPS) is 36.6. The first-order valence-electron chi connectivity index (χ1n) is 6.79. The van der Waals surface area contributed by atoms with E-state index in [0.717, 1.165) is 5.39 Å². The van der Waals surface area contributed by atoms with E-state index in [1.807, 2.05) is 0 Å². The van der Waals surface area contributed by atoms with Crippen molar-refractivity contribution in [3.05, 3.63) is 30.3 Å². The van der Waals surface area contributed by atoms with Crippen molar-refractivity contribution in [3.8, 4) is 5.88 Å². The number of H-pyrrole nitrogens is 1. The lowest BCUT2D eigenvalue weighted by molar-refractivity contribution is -0.302. The van der Waals surface area contributed by atoms with Crippen molar-refractivity contribution in [2.75, 3.05) is 0 Å². The van der Waals surface area contributed by atoms with Crippen molar-refractivity contribution in [2.24, 2.45) is 0 Å². The number of aliphatic hydroxyl groups is 3. The minimum absolute atomic E-state index is 0.0665. The molecular formula is C14H13BrClNO7. The summed E-state index contributed by atoms with van der Waals surface area (Å²) in [6.07, 6.45) is -5.82. The third-order valence-corrected chi connectivity index (χ3v) is 5.39. The lowest BCUT2D eigenvalue weighted by Crippen LogP contribution is -2.70. The van der Waals surface area contributed by atoms with Gasteiger partial charge in [0.25, 0.3) is 0 Å². The van der Waals surface area contributed by atoms with Gasteiger partial charge in [-0.2, -0.15) is 0 Å². The molecule has 1 aromatic carbocycles. The number of aliphatic carboxylic acids is 1. The van der Waals surface area contributed by atoms with E-state index in [-0.39, 0.29) is 5.88 Å². The van der Waals surface area contributed by atoms with Gasteiger partial charge in [-0.1, -0.05) is 18.2 Å². The van der Waals surface area contributed by atoms with Gasteiger partial charge in [0.1, 0.15) is 12.2 Å². The summed E-state index contributed by atoms with van der Waals surface area (Å²) in [5.74, 6) is -1.51. The molecule has 1 saturated heterocycles. The van der Waals surface area contributed by atoms with Crippen LogP contribution >= 0.6 is 27.5 Å². The molecule has 1 fully saturated rings. The number of carboxylic acids is 1. The molecule has 0 saturated carbocycles. The standard InChI is InChI=1S/C14H13BrClNO7/c15-13(22)11(19)9(18)10(12(20)21)24-14(13,16)23-8-5-6-3-1-2-4-7(6)17-8/h1-5,9-11,17-19,22H,(H,20,21)/t9-,10+,11+,13-,14+/m1/s1. The Kier molecular flexibility index (Phi) is 4.27. The van der Waals surface area contributed by atoms with Gasteiger partial charge in [0.2, 0.25) is 4.51 Å². The number of aliphatic hydroxyl groups excluding tert-OH is 2. The number of benzene rings is 1. The van der Waals surface area contributed by atoms with Crippen LogP contribution in [0.1, 0.15) is 0 Å². The molecule has 2 aromatic rings. The third kappa shape index (κ3) is 2.67. The van der Waals surface area contributed by atoms with Crippen LogP contribution < -0.4 is 4.74 Å². The van der Waals surface area contributed by atoms with E-state index in [1.54, 1.807) is 30.3 Å². The number of ether oxygens (including phenoxy) is 2. The van der Waals surface area contributed by atoms with Gasteiger partial charge in [-0.3, -0.25) is 0 Å². The molecule has 3 rings (SSSR count). The van der Waals surface area contributed by atoms with Crippen LogP contribution in [-0.2, 0) is 9.53 Å². The summed E-state index contributed by atoms with van der Waals surface area (Å²) in [5, 5.41) is 37.5. The summed E-state index contributed by atoms with van der Waals surface area (Å²) in [7, 11) is 0. The molecule has 8 nitrogen and oxygen atoms in total. The molecule has 5 N–H and O–H groups in total. The van der Waals surface area contributed by atoms with E-state index in [4.69, 9.17) is 26.2 Å². The molecule has 0 unspecified atom stereocenters. The lowest BCUT2D eigenvalue weighted by Gasteiger charge is -2.47. The SMILES string of the molecule is O=C(O)[C@H]1O[C@@](Cl)(Oc2cc3ccccc3[nH]2)[C@@](O)(Br)[C@@H](O)[C@@H]1O. The molecule has 1 aliphatic heterocycles. The molecule has 5 atom stereocenters. The van der Waals surface area contributed by atoms with Crippen LogP contribution in [0, 0.1) is 0 Å². The number of aromatic amines is 1. The molecule has 1 aliphatic rings. The number of aromatic nitrogens is 1. The highest BCUT2D eigenvalue weighted by molar-refractivity contribution is 9.10. The fraction of sp³-hybridized carbons (Fsp3) is 0.357. The van der Waals surface area contributed by atoms with Crippen molar-refractivity contribution in [1.29, 1.82) is 0 Å². The smallest absolute Gasteiger partial charge is 0.335 e. The maximum absolute atomic E-state index is 11.2. The molecule has 24 heavy (non-hydrogen) atoms. The Morgan fingerprint density at radius 1 is 1.38 bits per heavy atom. The number of para-hydroxylation sites is 1. The average Bonchev–Trinajstić information content (AvgIpc) is 2.91. The van der Waals surface area contributed by atoms with Gasteiger partial charge < -0.3 is 34.9 Å². The van der Waals surface area contributed by atoms with Crippen molar-refractivity contribution < 1.29 is 34.7 Å². The first-order valence-corrected chi connectivity index (χ1v) is 7.96. The first kappa shape index (κ1) is 17.5. The van der Waals surface area contributed by atoms with Crippen LogP contribution in [0.5, 0.6) is 5.88 Å². The van der Waals surface area contributed by atoms with E-state index >= 15 is 0 Å². The van der Waals surface area contributed by atoms with Crippen molar-refractivity contribution >= 4 is 44.4 Å². The largest absolute Gasteiger partial charge is 0.479 e. The second kappa shape index (κ2) is 5.87. The third-order valence-electron chi connectivity index (χ3n) is 3.71. The molecule has 1 aromatic heterocycles. The molecular weight excluding hydrogens is 410 g/mol. The van der Waals surface area contributed by atoms with Crippen LogP contribution in [-0.4, -0.2) is 59.4 Å². The van der Waals surface area contributed by atoms with Gasteiger partial charge in [-0.25, -0.2) is 4.79 Å². The van der Waals surface area contributed by atoms with Gasteiger partial charge in [0, 0.05) is 17.0 Å². The zero-order valence-corrected chi connectivity index (χ0v) is 14.2. The predicted octanol–water partition coefficient (Wildman–Crippen LogP) is 0.728. The highest BCUT2D eigenvalue weighted by atomic mass is 79.9. The maximum atomic E-state index is 11.2. The fourth-order valence-corrected chi connectivity index (χ4v) is 3.16. The summed E-state index contributed by atoms with van der Waals surface area (Å²) in [5.41, 5.74) is 0.706. The van der Waals surface area contributed by atoms with E-state index < -0.39 is 34.0 Å². The molecule has 0 spiro atoms. The van der Waals surface area contributed by atoms with Gasteiger partial charge in [-0.15, -0.1) is 0 Å². The van der Waals surface area contributed by atoms with E-state index in [9.17, 15) is 20.1 Å². The molecule has 0 amide bonds. The number of alkyl halides is 2. The maximum Gasteiger partial charge on any atom is 0.335 e. The minimum Gasteiger partial charge on any atom is -0.479 e. The minimum atomic E-state index is -2.52. The zero-order valence-electron chi connectivity index (χ0n) is 11.9. The van der Waals surface area contributed by atoms with Gasteiger partial charge in [0.05, 0.1) is 0 Å². The molecule has 2 heterocycles. The number of hydrogen-bond acceptors (Lipinski definition) is 6. The topological polar surface area (TPSA) is 132 Å². The second-order valence-corrected chi connectivity index (χ2v) is 7.05. The Labute approximate surface area is 148 Å². The Hall–Kier alpha value is -1.36. The summed E-state index contributed by atoms with van der Waals surface area (Å²) in [6.45, 7) is 0. The quantitative estimate of drug-likeness (QED) is 0.461. The van der Waals surface area contributed by atoms with Gasteiger partial charge in [0.15, 0.2) is 12.0 Å². The van der Waals surface area contributed by atoms with Crippen LogP contribution in [0.2, 0.25) is 0 Å². The van der Waals surface area contributed by atoms with Crippen LogP contribution in [0.15, 0.2) is 30.3 Å². The Morgan fingerprint density at radius 3 is 2.67 bits per heavy atom. The molecule has 0 aliphatic carbocycles. The Balaban J connectivity index is 1.97. The van der Waals surface area contributed by atoms with Gasteiger partial charge in [-0.05, 0) is 33.6 Å². The van der Waals surface area contributed by atoms with Crippen molar-refractivity contribution in [3.63, 3.8) is 0 Å². The average molecular weight is 423 g/mol. The second-order valence-electron chi connectivity index (χ2n) is 5.34. The van der Waals surface area contributed by atoms with Crippen LogP contribution in [0.4, 0.5) is 0 Å². The lowest BCUT2D eigenvalue weighted by atomic mass is 9.98. The van der Waals surface area contributed by atoms with E-state index in [0.29, 0.717) is 5.52 Å². The number of carbonyl (C=O) groups is 1. The van der Waals surface area contributed by atoms with Crippen LogP contribution in [0.25, 0.3) is 10.9 Å². The Morgan fingerprint density at radius 2 is 2.04 bits per heavy atom. The zero-order chi connectivity index (χ0) is 17.7. The summed E-state index contributed by atoms with van der Waals surface area (Å²) >= 11 is 8.89. The highest BCUT2D eigenvalue weighted by Crippen LogP contribution is 2.46. The molecule has 10 heteroatoms. The summed E-state index contributed by atoms with van der Waals surface area (Å²) in [4.78, 5) is 14.1. The van der Waals surface area contributed by atoms with Crippen molar-refractivity contribution in [1.82, 2.24) is 4.98 Å². The number of nitrogens with one attached hydrogen (secondary N) is 1. The monoisotopic (exact) mass is 421 g/mol. The molecule has 130 valence electrons. The molecule has 0 bridgehead atoms. The number of carboxylic acid groups (broad SMARTS) is 1. The Bertz CT molecular complexity index is 748. The number of fused-ring (bicyclic) bond motifs is 1. The van der Waals surface area contributed by atoms with E-state index in [1.165, 1.54) is 0 Å². The first-order chi connectivity index (χ1) is 11.2. The predicted molar refractivity (Wildman–Crippen MR) is 85.9 cm³/mol. The van der Waals surface area contributed by atoms with E-state index in [2.05, 4.69) is 20.9 Å². The summed E-state index contributed by atoms with van der Waals surface area (Å²) in [6, 6.07) is 8.70. The summed E-state index contributed by atoms with van der Waals surface area (Å²) < 4.78 is 7.97. The van der Waals surface area contributed by atoms with Crippen LogP contribution in [0.3, 0.4) is 0 Å². The fourth-order valence-electron chi connectivity index (χ4n) is 2.42.